The minimum Gasteiger partial charge on any atom is -0.481 e. The van der Waals surface area contributed by atoms with Crippen LogP contribution in [-0.4, -0.2) is 46.7 Å². The first-order valence-corrected chi connectivity index (χ1v) is 6.71. The maximum Gasteiger partial charge on any atom is 0.306 e. The molecule has 5 heteroatoms. The molecule has 2 fully saturated rings. The molecule has 0 radical (unpaired) electrons. The van der Waals surface area contributed by atoms with Crippen LogP contribution < -0.4 is 0 Å². The maximum absolute atomic E-state index is 11.7. The van der Waals surface area contributed by atoms with Gasteiger partial charge in [0.05, 0.1) is 5.92 Å². The normalized spacial score (nSPS) is 32.8. The van der Waals surface area contributed by atoms with Crippen LogP contribution in [0.4, 0.5) is 0 Å². The molecule has 102 valence electrons. The van der Waals surface area contributed by atoms with E-state index < -0.39 is 5.97 Å². The predicted molar refractivity (Wildman–Crippen MR) is 64.9 cm³/mol. The molecule has 2 N–H and O–H groups in total. The highest BCUT2D eigenvalue weighted by atomic mass is 16.4. The smallest absolute Gasteiger partial charge is 0.306 e. The minimum absolute atomic E-state index is 0.0774. The third-order valence-corrected chi connectivity index (χ3v) is 4.23. The van der Waals surface area contributed by atoms with Crippen molar-refractivity contribution in [1.82, 2.24) is 4.90 Å². The van der Waals surface area contributed by atoms with Gasteiger partial charge in [-0.2, -0.15) is 0 Å². The Morgan fingerprint density at radius 3 is 2.39 bits per heavy atom. The largest absolute Gasteiger partial charge is 0.481 e. The quantitative estimate of drug-likeness (QED) is 0.776. The standard InChI is InChI=1S/C13H21NO4/c15-8-10-5-12(16)14(7-10)6-9-1-3-11(4-2-9)13(17)18/h9-11,15H,1-8H2,(H,17,18). The molecule has 2 rings (SSSR count). The molecule has 0 spiro atoms. The fourth-order valence-corrected chi connectivity index (χ4v) is 3.06. The summed E-state index contributed by atoms with van der Waals surface area (Å²) in [6.45, 7) is 1.48. The SMILES string of the molecule is O=C(O)C1CCC(CN2CC(CO)CC2=O)CC1. The van der Waals surface area contributed by atoms with E-state index in [-0.39, 0.29) is 24.3 Å². The van der Waals surface area contributed by atoms with Crippen molar-refractivity contribution >= 4 is 11.9 Å². The molecule has 1 amide bonds. The zero-order valence-corrected chi connectivity index (χ0v) is 10.5. The molecule has 0 aromatic heterocycles. The van der Waals surface area contributed by atoms with Gasteiger partial charge in [0.15, 0.2) is 0 Å². The van der Waals surface area contributed by atoms with E-state index in [1.54, 1.807) is 0 Å². The van der Waals surface area contributed by atoms with Crippen molar-refractivity contribution in [3.05, 3.63) is 0 Å². The van der Waals surface area contributed by atoms with Crippen molar-refractivity contribution in [3.8, 4) is 0 Å². The Hall–Kier alpha value is -1.10. The number of aliphatic hydroxyl groups excluding tert-OH is 1. The van der Waals surface area contributed by atoms with Gasteiger partial charge in [-0.15, -0.1) is 0 Å². The second-order valence-corrected chi connectivity index (χ2v) is 5.61. The average molecular weight is 255 g/mol. The molecule has 0 aromatic rings. The summed E-state index contributed by atoms with van der Waals surface area (Å²) in [7, 11) is 0. The number of rotatable bonds is 4. The lowest BCUT2D eigenvalue weighted by atomic mass is 9.82. The molecule has 1 aliphatic heterocycles. The molecule has 5 nitrogen and oxygen atoms in total. The van der Waals surface area contributed by atoms with Crippen molar-refractivity contribution < 1.29 is 19.8 Å². The van der Waals surface area contributed by atoms with Gasteiger partial charge in [-0.3, -0.25) is 9.59 Å². The predicted octanol–water partition coefficient (Wildman–Crippen LogP) is 0.718. The summed E-state index contributed by atoms with van der Waals surface area (Å²) in [5.74, 6) is -0.226. The molecular weight excluding hydrogens is 234 g/mol. The van der Waals surface area contributed by atoms with Gasteiger partial charge in [-0.05, 0) is 31.6 Å². The van der Waals surface area contributed by atoms with Crippen LogP contribution >= 0.6 is 0 Å². The van der Waals surface area contributed by atoms with E-state index in [1.165, 1.54) is 0 Å². The number of amides is 1. The zero-order valence-electron chi connectivity index (χ0n) is 10.5. The number of likely N-dealkylation sites (tertiary alicyclic amines) is 1. The van der Waals surface area contributed by atoms with Crippen LogP contribution in [-0.2, 0) is 9.59 Å². The van der Waals surface area contributed by atoms with Gasteiger partial charge in [0.1, 0.15) is 0 Å². The lowest BCUT2D eigenvalue weighted by Gasteiger charge is -2.29. The number of nitrogens with zero attached hydrogens (tertiary/aromatic N) is 1. The maximum atomic E-state index is 11.7. The topological polar surface area (TPSA) is 77.8 Å². The molecule has 1 saturated carbocycles. The lowest BCUT2D eigenvalue weighted by molar-refractivity contribution is -0.143. The molecule has 1 saturated heterocycles. The second-order valence-electron chi connectivity index (χ2n) is 5.61. The number of hydrogen-bond donors (Lipinski definition) is 2. The number of carbonyl (C=O) groups excluding carboxylic acids is 1. The Balaban J connectivity index is 1.78. The summed E-state index contributed by atoms with van der Waals surface area (Å²) in [6.07, 6.45) is 3.70. The van der Waals surface area contributed by atoms with E-state index >= 15 is 0 Å². The number of carboxylic acid groups (broad SMARTS) is 1. The van der Waals surface area contributed by atoms with Gasteiger partial charge >= 0.3 is 5.97 Å². The number of carbonyl (C=O) groups is 2. The monoisotopic (exact) mass is 255 g/mol. The molecule has 1 atom stereocenters. The first-order chi connectivity index (χ1) is 8.60. The lowest BCUT2D eigenvalue weighted by Crippen LogP contribution is -2.33. The molecule has 2 aliphatic rings. The van der Waals surface area contributed by atoms with Gasteiger partial charge in [0.2, 0.25) is 5.91 Å². The Bertz CT molecular complexity index is 323. The fourth-order valence-electron chi connectivity index (χ4n) is 3.06. The Morgan fingerprint density at radius 1 is 1.22 bits per heavy atom. The molecule has 1 aliphatic carbocycles. The summed E-state index contributed by atoms with van der Waals surface area (Å²) in [5.41, 5.74) is 0. The first kappa shape index (κ1) is 13.3. The summed E-state index contributed by atoms with van der Waals surface area (Å²) in [5, 5.41) is 18.0. The van der Waals surface area contributed by atoms with E-state index in [9.17, 15) is 9.59 Å². The van der Waals surface area contributed by atoms with Gasteiger partial charge in [0.25, 0.3) is 0 Å². The van der Waals surface area contributed by atoms with Crippen molar-refractivity contribution in [2.45, 2.75) is 32.1 Å². The number of hydrogen-bond acceptors (Lipinski definition) is 3. The van der Waals surface area contributed by atoms with E-state index in [4.69, 9.17) is 10.2 Å². The van der Waals surface area contributed by atoms with E-state index in [1.807, 2.05) is 4.90 Å². The van der Waals surface area contributed by atoms with Crippen LogP contribution in [0, 0.1) is 17.8 Å². The van der Waals surface area contributed by atoms with Crippen molar-refractivity contribution in [3.63, 3.8) is 0 Å². The summed E-state index contributed by atoms with van der Waals surface area (Å²) < 4.78 is 0. The van der Waals surface area contributed by atoms with E-state index in [2.05, 4.69) is 0 Å². The number of aliphatic carboxylic acids is 1. The summed E-state index contributed by atoms with van der Waals surface area (Å²) >= 11 is 0. The molecule has 18 heavy (non-hydrogen) atoms. The van der Waals surface area contributed by atoms with Crippen molar-refractivity contribution in [2.24, 2.45) is 17.8 Å². The summed E-state index contributed by atoms with van der Waals surface area (Å²) in [4.78, 5) is 24.4. The van der Waals surface area contributed by atoms with Gasteiger partial charge in [0, 0.05) is 32.0 Å². The molecular formula is C13H21NO4. The molecule has 1 heterocycles. The Kier molecular flexibility index (Phi) is 4.22. The van der Waals surface area contributed by atoms with Gasteiger partial charge < -0.3 is 15.1 Å². The second kappa shape index (κ2) is 5.69. The highest BCUT2D eigenvalue weighted by Crippen LogP contribution is 2.30. The van der Waals surface area contributed by atoms with Crippen LogP contribution in [0.1, 0.15) is 32.1 Å². The highest BCUT2D eigenvalue weighted by molar-refractivity contribution is 5.78. The molecule has 0 aromatic carbocycles. The van der Waals surface area contributed by atoms with E-state index in [0.29, 0.717) is 18.9 Å². The van der Waals surface area contributed by atoms with Crippen LogP contribution in [0.2, 0.25) is 0 Å². The minimum atomic E-state index is -0.689. The third-order valence-electron chi connectivity index (χ3n) is 4.23. The van der Waals surface area contributed by atoms with Crippen LogP contribution in [0.5, 0.6) is 0 Å². The van der Waals surface area contributed by atoms with Crippen molar-refractivity contribution in [2.75, 3.05) is 19.7 Å². The summed E-state index contributed by atoms with van der Waals surface area (Å²) in [6, 6.07) is 0. The fraction of sp³-hybridized carbons (Fsp3) is 0.846. The van der Waals surface area contributed by atoms with Crippen LogP contribution in [0.3, 0.4) is 0 Å². The Morgan fingerprint density at radius 2 is 1.89 bits per heavy atom. The average Bonchev–Trinajstić information content (AvgIpc) is 2.71. The van der Waals surface area contributed by atoms with E-state index in [0.717, 1.165) is 32.2 Å². The van der Waals surface area contributed by atoms with Crippen molar-refractivity contribution in [1.29, 1.82) is 0 Å². The Labute approximate surface area is 107 Å². The van der Waals surface area contributed by atoms with Gasteiger partial charge in [-0.1, -0.05) is 0 Å². The van der Waals surface area contributed by atoms with Gasteiger partial charge in [-0.25, -0.2) is 0 Å². The molecule has 1 unspecified atom stereocenters. The number of carboxylic acids is 1. The third kappa shape index (κ3) is 3.02. The first-order valence-electron chi connectivity index (χ1n) is 6.71. The van der Waals surface area contributed by atoms with Crippen LogP contribution in [0.25, 0.3) is 0 Å². The zero-order chi connectivity index (χ0) is 13.1. The number of aliphatic hydroxyl groups is 1. The highest BCUT2D eigenvalue weighted by Gasteiger charge is 2.32. The van der Waals surface area contributed by atoms with Crippen LogP contribution in [0.15, 0.2) is 0 Å². The molecule has 0 bridgehead atoms.